The lowest BCUT2D eigenvalue weighted by atomic mass is 9.93. The fraction of sp³-hybridized carbons (Fsp3) is 0.409. The minimum absolute atomic E-state index is 0.0153. The molecule has 1 saturated heterocycles. The predicted octanol–water partition coefficient (Wildman–Crippen LogP) is 3.05. The summed E-state index contributed by atoms with van der Waals surface area (Å²) >= 11 is 0. The van der Waals surface area contributed by atoms with Crippen molar-refractivity contribution in [2.75, 3.05) is 13.1 Å². The van der Waals surface area contributed by atoms with Crippen molar-refractivity contribution in [1.82, 2.24) is 15.2 Å². The smallest absolute Gasteiger partial charge is 0.255 e. The molecule has 1 saturated carbocycles. The third-order valence-electron chi connectivity index (χ3n) is 5.50. The van der Waals surface area contributed by atoms with Crippen molar-refractivity contribution in [1.29, 1.82) is 0 Å². The van der Waals surface area contributed by atoms with E-state index in [1.54, 1.807) is 24.5 Å². The fourth-order valence-corrected chi connectivity index (χ4v) is 3.55. The second-order valence-corrected chi connectivity index (χ2v) is 7.48. The first kappa shape index (κ1) is 18.5. The first-order valence-electron chi connectivity index (χ1n) is 9.96. The van der Waals surface area contributed by atoms with E-state index in [1.807, 2.05) is 29.2 Å². The van der Waals surface area contributed by atoms with Crippen LogP contribution in [0.3, 0.4) is 0 Å². The molecule has 0 atom stereocenters. The van der Waals surface area contributed by atoms with Gasteiger partial charge in [0.1, 0.15) is 11.9 Å². The molecular formula is C22H25N3O3. The lowest BCUT2D eigenvalue weighted by Crippen LogP contribution is -2.41. The van der Waals surface area contributed by atoms with E-state index >= 15 is 0 Å². The van der Waals surface area contributed by atoms with Crippen LogP contribution in [0.1, 0.15) is 52.8 Å². The second kappa shape index (κ2) is 8.42. The van der Waals surface area contributed by atoms with Gasteiger partial charge in [0.25, 0.3) is 11.8 Å². The summed E-state index contributed by atoms with van der Waals surface area (Å²) in [5.74, 6) is 0.768. The number of amides is 2. The number of hydrogen-bond donors (Lipinski definition) is 1. The van der Waals surface area contributed by atoms with Gasteiger partial charge in [-0.25, -0.2) is 0 Å². The number of benzene rings is 1. The Morgan fingerprint density at radius 3 is 2.36 bits per heavy atom. The lowest BCUT2D eigenvalue weighted by Gasteiger charge is -2.32. The van der Waals surface area contributed by atoms with Crippen LogP contribution in [-0.2, 0) is 0 Å². The Hall–Kier alpha value is -2.89. The van der Waals surface area contributed by atoms with Gasteiger partial charge in [-0.1, -0.05) is 0 Å². The molecule has 1 aliphatic carbocycles. The Bertz CT molecular complexity index is 811. The van der Waals surface area contributed by atoms with Crippen molar-refractivity contribution in [3.8, 4) is 5.75 Å². The molecule has 146 valence electrons. The number of ether oxygens (including phenoxy) is 1. The van der Waals surface area contributed by atoms with Crippen LogP contribution < -0.4 is 10.1 Å². The number of pyridine rings is 1. The van der Waals surface area contributed by atoms with Crippen LogP contribution >= 0.6 is 0 Å². The summed E-state index contributed by atoms with van der Waals surface area (Å²) in [5.41, 5.74) is 1.29. The monoisotopic (exact) mass is 379 g/mol. The molecule has 0 unspecified atom stereocenters. The molecule has 1 aromatic heterocycles. The maximum atomic E-state index is 12.5. The first-order valence-corrected chi connectivity index (χ1v) is 9.96. The molecule has 6 nitrogen and oxygen atoms in total. The number of piperidine rings is 1. The molecule has 2 heterocycles. The van der Waals surface area contributed by atoms with Crippen LogP contribution in [0, 0.1) is 0 Å². The molecule has 0 spiro atoms. The summed E-state index contributed by atoms with van der Waals surface area (Å²) in [7, 11) is 0. The van der Waals surface area contributed by atoms with Gasteiger partial charge in [0.15, 0.2) is 0 Å². The van der Waals surface area contributed by atoms with Crippen LogP contribution in [0.5, 0.6) is 5.75 Å². The molecule has 4 rings (SSSR count). The SMILES string of the molecule is O=C(NC1CCC1)c1ccc(OC2CCN(C(=O)c3cccnc3)CC2)cc1. The van der Waals surface area contributed by atoms with E-state index in [1.165, 1.54) is 6.42 Å². The van der Waals surface area contributed by atoms with Crippen LogP contribution in [-0.4, -0.2) is 46.9 Å². The van der Waals surface area contributed by atoms with Gasteiger partial charge in [-0.2, -0.15) is 0 Å². The zero-order valence-corrected chi connectivity index (χ0v) is 15.8. The normalized spacial score (nSPS) is 17.6. The molecule has 2 aromatic rings. The van der Waals surface area contributed by atoms with E-state index in [4.69, 9.17) is 4.74 Å². The minimum atomic E-state index is -0.0153. The van der Waals surface area contributed by atoms with E-state index in [-0.39, 0.29) is 17.9 Å². The van der Waals surface area contributed by atoms with Crippen molar-refractivity contribution < 1.29 is 14.3 Å². The van der Waals surface area contributed by atoms with Crippen molar-refractivity contribution in [2.45, 2.75) is 44.2 Å². The van der Waals surface area contributed by atoms with Gasteiger partial charge < -0.3 is 15.0 Å². The number of carbonyl (C=O) groups is 2. The molecule has 0 radical (unpaired) electrons. The van der Waals surface area contributed by atoms with E-state index in [0.29, 0.717) is 30.3 Å². The molecule has 0 bridgehead atoms. The van der Waals surface area contributed by atoms with Crippen LogP contribution in [0.4, 0.5) is 0 Å². The summed E-state index contributed by atoms with van der Waals surface area (Å²) < 4.78 is 6.06. The highest BCUT2D eigenvalue weighted by Gasteiger charge is 2.25. The van der Waals surface area contributed by atoms with E-state index in [2.05, 4.69) is 10.3 Å². The summed E-state index contributed by atoms with van der Waals surface area (Å²) in [4.78, 5) is 30.5. The second-order valence-electron chi connectivity index (χ2n) is 7.48. The first-order chi connectivity index (χ1) is 13.7. The molecule has 1 N–H and O–H groups in total. The van der Waals surface area contributed by atoms with Gasteiger partial charge in [-0.15, -0.1) is 0 Å². The molecule has 2 amide bonds. The quantitative estimate of drug-likeness (QED) is 0.867. The van der Waals surface area contributed by atoms with Gasteiger partial charge in [-0.05, 0) is 55.7 Å². The number of rotatable bonds is 5. The van der Waals surface area contributed by atoms with Crippen LogP contribution in [0.15, 0.2) is 48.8 Å². The molecule has 6 heteroatoms. The topological polar surface area (TPSA) is 71.5 Å². The summed E-state index contributed by atoms with van der Waals surface area (Å²) in [6, 6.07) is 11.2. The number of nitrogens with one attached hydrogen (secondary N) is 1. The van der Waals surface area contributed by atoms with Crippen molar-refractivity contribution in [3.05, 3.63) is 59.9 Å². The van der Waals surface area contributed by atoms with Gasteiger partial charge in [0.2, 0.25) is 0 Å². The standard InChI is InChI=1S/C22H25N3O3/c26-21(24-18-4-1-5-18)16-6-8-19(9-7-16)28-20-10-13-25(14-11-20)22(27)17-3-2-12-23-15-17/h2-3,6-9,12,15,18,20H,1,4-5,10-11,13-14H2,(H,24,26). The maximum Gasteiger partial charge on any atom is 0.255 e. The number of aromatic nitrogens is 1. The predicted molar refractivity (Wildman–Crippen MR) is 105 cm³/mol. The van der Waals surface area contributed by atoms with Crippen LogP contribution in [0.2, 0.25) is 0 Å². The van der Waals surface area contributed by atoms with Gasteiger partial charge in [0.05, 0.1) is 5.56 Å². The highest BCUT2D eigenvalue weighted by molar-refractivity contribution is 5.94. The molecular weight excluding hydrogens is 354 g/mol. The fourth-order valence-electron chi connectivity index (χ4n) is 3.55. The number of likely N-dealkylation sites (tertiary alicyclic amines) is 1. The summed E-state index contributed by atoms with van der Waals surface area (Å²) in [6.07, 6.45) is 8.28. The Balaban J connectivity index is 1.26. The molecule has 1 aliphatic heterocycles. The lowest BCUT2D eigenvalue weighted by molar-refractivity contribution is 0.0595. The Morgan fingerprint density at radius 2 is 1.75 bits per heavy atom. The molecule has 1 aromatic carbocycles. The zero-order valence-electron chi connectivity index (χ0n) is 15.8. The number of hydrogen-bond acceptors (Lipinski definition) is 4. The molecule has 2 aliphatic rings. The Labute approximate surface area is 164 Å². The average Bonchev–Trinajstić information content (AvgIpc) is 2.72. The number of carbonyl (C=O) groups excluding carboxylic acids is 2. The van der Waals surface area contributed by atoms with Gasteiger partial charge in [-0.3, -0.25) is 14.6 Å². The van der Waals surface area contributed by atoms with Crippen LogP contribution in [0.25, 0.3) is 0 Å². The Morgan fingerprint density at radius 1 is 1.00 bits per heavy atom. The van der Waals surface area contributed by atoms with Crippen molar-refractivity contribution in [3.63, 3.8) is 0 Å². The Kier molecular flexibility index (Phi) is 5.55. The third-order valence-corrected chi connectivity index (χ3v) is 5.50. The van der Waals surface area contributed by atoms with E-state index in [0.717, 1.165) is 31.4 Å². The highest BCUT2D eigenvalue weighted by Crippen LogP contribution is 2.22. The molecule has 28 heavy (non-hydrogen) atoms. The van der Waals surface area contributed by atoms with Crippen molar-refractivity contribution in [2.24, 2.45) is 0 Å². The van der Waals surface area contributed by atoms with Gasteiger partial charge in [0, 0.05) is 49.9 Å². The average molecular weight is 379 g/mol. The number of nitrogens with zero attached hydrogens (tertiary/aromatic N) is 2. The van der Waals surface area contributed by atoms with E-state index in [9.17, 15) is 9.59 Å². The maximum absolute atomic E-state index is 12.5. The third kappa shape index (κ3) is 4.32. The highest BCUT2D eigenvalue weighted by atomic mass is 16.5. The zero-order chi connectivity index (χ0) is 19.3. The molecule has 2 fully saturated rings. The van der Waals surface area contributed by atoms with Gasteiger partial charge >= 0.3 is 0 Å². The van der Waals surface area contributed by atoms with Crippen molar-refractivity contribution >= 4 is 11.8 Å². The largest absolute Gasteiger partial charge is 0.490 e. The van der Waals surface area contributed by atoms with E-state index < -0.39 is 0 Å². The summed E-state index contributed by atoms with van der Waals surface area (Å²) in [6.45, 7) is 1.33. The summed E-state index contributed by atoms with van der Waals surface area (Å²) in [5, 5.41) is 3.04. The minimum Gasteiger partial charge on any atom is -0.490 e.